The van der Waals surface area contributed by atoms with Crippen LogP contribution in [-0.4, -0.2) is 116 Å². The van der Waals surface area contributed by atoms with Crippen molar-refractivity contribution in [3.05, 3.63) is 0 Å². The number of aliphatic carboxylic acids is 1. The van der Waals surface area contributed by atoms with E-state index in [1.54, 1.807) is 0 Å². The Labute approximate surface area is 288 Å². The van der Waals surface area contributed by atoms with Crippen molar-refractivity contribution >= 4 is 35.5 Å². The highest BCUT2D eigenvalue weighted by Gasteiger charge is 2.32. The molecule has 0 heterocycles. The van der Waals surface area contributed by atoms with Crippen LogP contribution in [0.2, 0.25) is 0 Å². The second kappa shape index (κ2) is 27.4. The Morgan fingerprint density at radius 2 is 0.612 bits per heavy atom. The van der Waals surface area contributed by atoms with E-state index < -0.39 is 71.8 Å². The second-order valence-corrected chi connectivity index (χ2v) is 11.8. The van der Waals surface area contributed by atoms with Gasteiger partial charge in [0.15, 0.2) is 0 Å². The van der Waals surface area contributed by atoms with Crippen molar-refractivity contribution in [1.29, 1.82) is 0 Å². The van der Waals surface area contributed by atoms with E-state index >= 15 is 0 Å². The second-order valence-electron chi connectivity index (χ2n) is 11.8. The van der Waals surface area contributed by atoms with Crippen molar-refractivity contribution in [2.75, 3.05) is 39.3 Å². The summed E-state index contributed by atoms with van der Waals surface area (Å²) < 4.78 is 0. The number of carbonyl (C=O) groups excluding carboxylic acids is 5. The molecule has 19 heteroatoms. The average molecular weight is 703 g/mol. The Hall–Kier alpha value is -3.46. The fourth-order valence-electron chi connectivity index (χ4n) is 4.78. The Kier molecular flexibility index (Phi) is 25.4. The standard InChI is InChI=1S/C30H62N12O7/c31-13-1-7-19(37)25(43)38-20(8-2-14-32)26(44)39-21(9-3-15-33)27(45)40-22(10-4-16-34)28(46)41-23(11-5-17-35)29(47)42-24(30(48)49)12-6-18-36/h19-24H,1-18,31-37H2,(H,38,43)(H,39,44)(H,40,45)(H,41,46)(H,42,47)(H,48,49)/t19-,20-,21-,22-,23-,24-/m0/s1. The van der Waals surface area contributed by atoms with Gasteiger partial charge in [0.05, 0.1) is 6.04 Å². The minimum atomic E-state index is -1.25. The number of hydrogen-bond acceptors (Lipinski definition) is 13. The maximum atomic E-state index is 13.6. The molecule has 0 spiro atoms. The summed E-state index contributed by atoms with van der Waals surface area (Å²) in [5.74, 6) is -4.57. The van der Waals surface area contributed by atoms with Crippen LogP contribution in [-0.2, 0) is 28.8 Å². The molecule has 0 aromatic carbocycles. The lowest BCUT2D eigenvalue weighted by molar-refractivity contribution is -0.142. The molecule has 6 atom stereocenters. The summed E-state index contributed by atoms with van der Waals surface area (Å²) in [5, 5.41) is 22.5. The maximum Gasteiger partial charge on any atom is 0.326 e. The molecule has 0 aliphatic carbocycles. The first-order chi connectivity index (χ1) is 23.4. The number of carbonyl (C=O) groups is 6. The van der Waals surface area contributed by atoms with Crippen LogP contribution in [0.3, 0.4) is 0 Å². The van der Waals surface area contributed by atoms with Crippen LogP contribution < -0.4 is 66.7 Å². The summed E-state index contributed by atoms with van der Waals surface area (Å²) >= 11 is 0. The van der Waals surface area contributed by atoms with E-state index in [0.29, 0.717) is 51.5 Å². The smallest absolute Gasteiger partial charge is 0.326 e. The van der Waals surface area contributed by atoms with Crippen LogP contribution in [0.1, 0.15) is 77.0 Å². The quantitative estimate of drug-likeness (QED) is 0.0348. The lowest BCUT2D eigenvalue weighted by atomic mass is 10.0. The Bertz CT molecular complexity index is 1010. The largest absolute Gasteiger partial charge is 0.480 e. The van der Waals surface area contributed by atoms with Crippen LogP contribution in [0.25, 0.3) is 0 Å². The van der Waals surface area contributed by atoms with Gasteiger partial charge in [0.2, 0.25) is 29.5 Å². The molecule has 0 radical (unpaired) electrons. The third-order valence-corrected chi connectivity index (χ3v) is 7.69. The highest BCUT2D eigenvalue weighted by Crippen LogP contribution is 2.07. The molecule has 0 aliphatic rings. The highest BCUT2D eigenvalue weighted by molar-refractivity contribution is 5.96. The van der Waals surface area contributed by atoms with Crippen LogP contribution >= 0.6 is 0 Å². The van der Waals surface area contributed by atoms with Crippen molar-refractivity contribution in [2.45, 2.75) is 113 Å². The zero-order chi connectivity index (χ0) is 37.2. The van der Waals surface area contributed by atoms with Gasteiger partial charge in [-0.15, -0.1) is 0 Å². The lowest BCUT2D eigenvalue weighted by Gasteiger charge is -2.27. The summed E-state index contributed by atoms with van der Waals surface area (Å²) in [7, 11) is 0. The molecule has 0 aliphatic heterocycles. The predicted molar refractivity (Wildman–Crippen MR) is 185 cm³/mol. The normalized spacial score (nSPS) is 14.8. The zero-order valence-electron chi connectivity index (χ0n) is 28.6. The van der Waals surface area contributed by atoms with Crippen molar-refractivity contribution in [1.82, 2.24) is 26.6 Å². The molecule has 0 fully saturated rings. The SMILES string of the molecule is NCCC[C@H](NC(=O)[C@H](CCCN)NC(=O)[C@H](CCCN)NC(=O)[C@H](CCCN)NC(=O)[C@H](CCCN)NC(=O)[C@@H](N)CCCN)C(=O)O. The summed E-state index contributed by atoms with van der Waals surface area (Å²) in [6, 6.07) is -6.58. The Balaban J connectivity index is 5.98. The molecule has 0 saturated carbocycles. The topological polar surface area (TPSA) is 365 Å². The minimum Gasteiger partial charge on any atom is -0.480 e. The highest BCUT2D eigenvalue weighted by atomic mass is 16.4. The Morgan fingerprint density at radius 3 is 0.878 bits per heavy atom. The van der Waals surface area contributed by atoms with E-state index in [1.807, 2.05) is 0 Å². The molecule has 0 aromatic heterocycles. The van der Waals surface area contributed by atoms with Gasteiger partial charge in [0.1, 0.15) is 30.2 Å². The van der Waals surface area contributed by atoms with Crippen LogP contribution in [0, 0.1) is 0 Å². The monoisotopic (exact) mass is 702 g/mol. The van der Waals surface area contributed by atoms with Gasteiger partial charge in [0.25, 0.3) is 0 Å². The molecule has 5 amide bonds. The van der Waals surface area contributed by atoms with Gasteiger partial charge in [0, 0.05) is 0 Å². The van der Waals surface area contributed by atoms with E-state index in [1.165, 1.54) is 0 Å². The first kappa shape index (κ1) is 45.5. The molecule has 0 bridgehead atoms. The van der Waals surface area contributed by atoms with Crippen molar-refractivity contribution in [3.8, 4) is 0 Å². The number of carboxylic acid groups (broad SMARTS) is 1. The minimum absolute atomic E-state index is 0.0953. The molecule has 0 rings (SSSR count). The van der Waals surface area contributed by atoms with Crippen LogP contribution in [0.4, 0.5) is 0 Å². The predicted octanol–water partition coefficient (Wildman–Crippen LogP) is -4.74. The number of nitrogens with two attached hydrogens (primary N) is 7. The summed E-state index contributed by atoms with van der Waals surface area (Å²) in [6.45, 7) is 1.44. The summed E-state index contributed by atoms with van der Waals surface area (Å²) in [6.07, 6.45) is 3.22. The number of carboxylic acids is 1. The van der Waals surface area contributed by atoms with Gasteiger partial charge >= 0.3 is 5.97 Å². The fraction of sp³-hybridized carbons (Fsp3) is 0.800. The van der Waals surface area contributed by atoms with Crippen molar-refractivity contribution in [3.63, 3.8) is 0 Å². The Morgan fingerprint density at radius 1 is 0.388 bits per heavy atom. The van der Waals surface area contributed by atoms with E-state index in [0.717, 1.165) is 0 Å². The van der Waals surface area contributed by atoms with Gasteiger partial charge < -0.3 is 71.8 Å². The number of amides is 5. The first-order valence-corrected chi connectivity index (χ1v) is 17.1. The fourth-order valence-corrected chi connectivity index (χ4v) is 4.78. The third kappa shape index (κ3) is 19.4. The van der Waals surface area contributed by atoms with Crippen LogP contribution in [0.5, 0.6) is 0 Å². The number of hydrogen-bond donors (Lipinski definition) is 13. The lowest BCUT2D eigenvalue weighted by Crippen LogP contribution is -2.59. The van der Waals surface area contributed by atoms with Gasteiger partial charge in [-0.2, -0.15) is 0 Å². The van der Waals surface area contributed by atoms with Gasteiger partial charge in [-0.05, 0) is 116 Å². The number of nitrogens with one attached hydrogen (secondary N) is 5. The van der Waals surface area contributed by atoms with Gasteiger partial charge in [-0.1, -0.05) is 0 Å². The zero-order valence-corrected chi connectivity index (χ0v) is 28.6. The molecule has 0 aromatic rings. The third-order valence-electron chi connectivity index (χ3n) is 7.69. The average Bonchev–Trinajstić information content (AvgIpc) is 3.08. The molecule has 0 saturated heterocycles. The van der Waals surface area contributed by atoms with E-state index in [2.05, 4.69) is 26.6 Å². The van der Waals surface area contributed by atoms with Crippen molar-refractivity contribution in [2.24, 2.45) is 40.1 Å². The molecule has 0 unspecified atom stereocenters. The van der Waals surface area contributed by atoms with Crippen LogP contribution in [0.15, 0.2) is 0 Å². The van der Waals surface area contributed by atoms with Gasteiger partial charge in [-0.25, -0.2) is 4.79 Å². The maximum absolute atomic E-state index is 13.6. The number of rotatable bonds is 29. The molecule has 284 valence electrons. The van der Waals surface area contributed by atoms with Crippen molar-refractivity contribution < 1.29 is 33.9 Å². The molecule has 19 nitrogen and oxygen atoms in total. The van der Waals surface area contributed by atoms with Gasteiger partial charge in [-0.3, -0.25) is 24.0 Å². The summed E-state index contributed by atoms with van der Waals surface area (Å²) in [5.41, 5.74) is 39.6. The molecular weight excluding hydrogens is 640 g/mol. The van der Waals surface area contributed by atoms with E-state index in [4.69, 9.17) is 40.1 Å². The summed E-state index contributed by atoms with van der Waals surface area (Å²) in [4.78, 5) is 77.9. The van der Waals surface area contributed by atoms with E-state index in [-0.39, 0.29) is 64.8 Å². The molecular formula is C30H62N12O7. The van der Waals surface area contributed by atoms with E-state index in [9.17, 15) is 33.9 Å². The molecule has 49 heavy (non-hydrogen) atoms. The molecule has 20 N–H and O–H groups in total. The first-order valence-electron chi connectivity index (χ1n) is 17.1.